The summed E-state index contributed by atoms with van der Waals surface area (Å²) in [5.74, 6) is 5.62. The fourth-order valence-corrected chi connectivity index (χ4v) is 3.51. The van der Waals surface area contributed by atoms with Crippen molar-refractivity contribution < 1.29 is 9.47 Å². The molecule has 0 fully saturated rings. The van der Waals surface area contributed by atoms with Gasteiger partial charge in [-0.05, 0) is 36.3 Å². The van der Waals surface area contributed by atoms with Crippen molar-refractivity contribution in [2.45, 2.75) is 13.2 Å². The van der Waals surface area contributed by atoms with E-state index in [0.717, 1.165) is 34.3 Å². The van der Waals surface area contributed by atoms with Crippen molar-refractivity contribution in [2.75, 3.05) is 7.11 Å². The lowest BCUT2D eigenvalue weighted by Gasteiger charge is -2.10. The number of methoxy groups -OCH3 is 1. The van der Waals surface area contributed by atoms with Gasteiger partial charge in [-0.2, -0.15) is 0 Å². The number of nitrogens with zero attached hydrogens (tertiary/aromatic N) is 5. The van der Waals surface area contributed by atoms with Crippen LogP contribution in [0.1, 0.15) is 17.2 Å². The molecule has 29 heavy (non-hydrogen) atoms. The highest BCUT2D eigenvalue weighted by molar-refractivity contribution is 5.71. The van der Waals surface area contributed by atoms with Crippen LogP contribution in [0.3, 0.4) is 0 Å². The number of fused-ring (bicyclic) bond motifs is 5. The van der Waals surface area contributed by atoms with Crippen molar-refractivity contribution in [1.82, 2.24) is 24.3 Å². The van der Waals surface area contributed by atoms with Gasteiger partial charge in [-0.3, -0.25) is 4.57 Å². The maximum atomic E-state index is 5.91. The Hall–Kier alpha value is -4.05. The highest BCUT2D eigenvalue weighted by Gasteiger charge is 2.26. The highest BCUT2D eigenvalue weighted by atomic mass is 16.5. The summed E-state index contributed by atoms with van der Waals surface area (Å²) in [6, 6.07) is 15.5. The molecule has 4 aromatic rings. The molecule has 1 aliphatic rings. The van der Waals surface area contributed by atoms with Crippen molar-refractivity contribution in [3.8, 4) is 40.9 Å². The van der Waals surface area contributed by atoms with Crippen LogP contribution in [0.4, 0.5) is 0 Å². The molecular weight excluding hydrogens is 366 g/mol. The van der Waals surface area contributed by atoms with Gasteiger partial charge in [0.05, 0.1) is 25.0 Å². The molecule has 0 bridgehead atoms. The maximum Gasteiger partial charge on any atom is 0.171 e. The first-order valence-corrected chi connectivity index (χ1v) is 9.10. The number of rotatable bonds is 4. The van der Waals surface area contributed by atoms with Crippen LogP contribution < -0.4 is 9.47 Å². The molecule has 0 saturated carbocycles. The van der Waals surface area contributed by atoms with E-state index in [0.29, 0.717) is 18.1 Å². The van der Waals surface area contributed by atoms with Crippen molar-refractivity contribution in [3.63, 3.8) is 0 Å². The average molecular weight is 383 g/mol. The van der Waals surface area contributed by atoms with E-state index in [-0.39, 0.29) is 6.61 Å². The molecule has 1 aliphatic heterocycles. The molecule has 7 nitrogen and oxygen atoms in total. The number of hydrogen-bond acceptors (Lipinski definition) is 5. The number of hydrogen-bond donors (Lipinski definition) is 0. The van der Waals surface area contributed by atoms with Crippen LogP contribution in [0.2, 0.25) is 0 Å². The summed E-state index contributed by atoms with van der Waals surface area (Å²) in [4.78, 5) is 4.39. The van der Waals surface area contributed by atoms with E-state index < -0.39 is 0 Å². The SMILES string of the molecule is C#Cc1ncn2c1Cn1c(COc3ccccc3)nnc1-c1cc(OC)ccc1-2. The fourth-order valence-electron chi connectivity index (χ4n) is 3.51. The maximum absolute atomic E-state index is 5.91. The summed E-state index contributed by atoms with van der Waals surface area (Å²) in [5, 5.41) is 8.84. The minimum Gasteiger partial charge on any atom is -0.497 e. The number of benzene rings is 2. The second kappa shape index (κ2) is 6.84. The van der Waals surface area contributed by atoms with Gasteiger partial charge in [-0.15, -0.1) is 16.6 Å². The Morgan fingerprint density at radius 2 is 1.97 bits per heavy atom. The van der Waals surface area contributed by atoms with E-state index >= 15 is 0 Å². The zero-order valence-electron chi connectivity index (χ0n) is 15.7. The fraction of sp³-hybridized carbons (Fsp3) is 0.136. The van der Waals surface area contributed by atoms with E-state index in [1.165, 1.54) is 0 Å². The number of imidazole rings is 1. The topological polar surface area (TPSA) is 67.0 Å². The summed E-state index contributed by atoms with van der Waals surface area (Å²) < 4.78 is 15.3. The minimum atomic E-state index is 0.288. The molecule has 0 aliphatic carbocycles. The van der Waals surface area contributed by atoms with Gasteiger partial charge in [0, 0.05) is 5.56 Å². The first-order valence-electron chi connectivity index (χ1n) is 9.10. The van der Waals surface area contributed by atoms with Gasteiger partial charge >= 0.3 is 0 Å². The van der Waals surface area contributed by atoms with Gasteiger partial charge in [0.15, 0.2) is 11.6 Å². The molecule has 0 spiro atoms. The predicted molar refractivity (Wildman–Crippen MR) is 107 cm³/mol. The van der Waals surface area contributed by atoms with Crippen LogP contribution in [-0.4, -0.2) is 31.4 Å². The molecule has 0 atom stereocenters. The molecule has 3 heterocycles. The van der Waals surface area contributed by atoms with Crippen LogP contribution in [-0.2, 0) is 13.2 Å². The monoisotopic (exact) mass is 383 g/mol. The molecule has 2 aromatic heterocycles. The van der Waals surface area contributed by atoms with E-state index in [1.807, 2.05) is 57.7 Å². The smallest absolute Gasteiger partial charge is 0.171 e. The van der Waals surface area contributed by atoms with Gasteiger partial charge in [-0.25, -0.2) is 4.98 Å². The molecular formula is C22H17N5O2. The molecule has 0 amide bonds. The number of ether oxygens (including phenoxy) is 2. The molecule has 7 heteroatoms. The Labute approximate surface area is 167 Å². The van der Waals surface area contributed by atoms with Gasteiger partial charge in [0.2, 0.25) is 0 Å². The van der Waals surface area contributed by atoms with Gasteiger partial charge in [-0.1, -0.05) is 18.2 Å². The Kier molecular flexibility index (Phi) is 4.03. The molecule has 0 N–H and O–H groups in total. The summed E-state index contributed by atoms with van der Waals surface area (Å²) in [6.07, 6.45) is 7.44. The Morgan fingerprint density at radius 1 is 1.10 bits per heavy atom. The zero-order chi connectivity index (χ0) is 19.8. The molecule has 0 radical (unpaired) electrons. The number of aromatic nitrogens is 5. The van der Waals surface area contributed by atoms with Crippen LogP contribution in [0.25, 0.3) is 17.1 Å². The quantitative estimate of drug-likeness (QED) is 0.446. The van der Waals surface area contributed by atoms with E-state index in [1.54, 1.807) is 13.4 Å². The van der Waals surface area contributed by atoms with E-state index in [9.17, 15) is 0 Å². The van der Waals surface area contributed by atoms with Crippen molar-refractivity contribution in [3.05, 3.63) is 72.1 Å². The summed E-state index contributed by atoms with van der Waals surface area (Å²) in [7, 11) is 1.64. The lowest BCUT2D eigenvalue weighted by atomic mass is 10.1. The third-order valence-corrected chi connectivity index (χ3v) is 4.95. The Morgan fingerprint density at radius 3 is 2.76 bits per heavy atom. The van der Waals surface area contributed by atoms with Crippen molar-refractivity contribution in [2.24, 2.45) is 0 Å². The standard InChI is InChI=1S/C22H17N5O2/c1-3-18-20-12-26-21(13-29-15-7-5-4-6-8-15)24-25-22(26)17-11-16(28-2)9-10-19(17)27(20)14-23-18/h1,4-11,14H,12-13H2,2H3. The van der Waals surface area contributed by atoms with Gasteiger partial charge in [0.1, 0.15) is 30.1 Å². The highest BCUT2D eigenvalue weighted by Crippen LogP contribution is 2.34. The predicted octanol–water partition coefficient (Wildman–Crippen LogP) is 3.06. The molecule has 5 rings (SSSR count). The van der Waals surface area contributed by atoms with E-state index in [4.69, 9.17) is 15.9 Å². The third-order valence-electron chi connectivity index (χ3n) is 4.95. The second-order valence-electron chi connectivity index (χ2n) is 6.56. The molecule has 142 valence electrons. The lowest BCUT2D eigenvalue weighted by molar-refractivity contribution is 0.290. The summed E-state index contributed by atoms with van der Waals surface area (Å²) in [5.41, 5.74) is 3.32. The van der Waals surface area contributed by atoms with Crippen LogP contribution in [0.5, 0.6) is 11.5 Å². The third kappa shape index (κ3) is 2.82. The normalized spacial score (nSPS) is 11.6. The van der Waals surface area contributed by atoms with Gasteiger partial charge < -0.3 is 14.0 Å². The van der Waals surface area contributed by atoms with Gasteiger partial charge in [0.25, 0.3) is 0 Å². The lowest BCUT2D eigenvalue weighted by Crippen LogP contribution is -2.10. The average Bonchev–Trinajstić information content (AvgIpc) is 3.33. The van der Waals surface area contributed by atoms with Crippen molar-refractivity contribution >= 4 is 0 Å². The number of terminal acetylenes is 1. The minimum absolute atomic E-state index is 0.288. The first-order chi connectivity index (χ1) is 14.3. The molecule has 0 unspecified atom stereocenters. The van der Waals surface area contributed by atoms with Crippen LogP contribution in [0.15, 0.2) is 54.9 Å². The first kappa shape index (κ1) is 17.1. The summed E-state index contributed by atoms with van der Waals surface area (Å²) in [6.45, 7) is 0.780. The molecule has 0 saturated heterocycles. The number of para-hydroxylation sites is 1. The second-order valence-corrected chi connectivity index (χ2v) is 6.56. The van der Waals surface area contributed by atoms with Crippen LogP contribution in [0, 0.1) is 12.3 Å². The largest absolute Gasteiger partial charge is 0.497 e. The van der Waals surface area contributed by atoms with Crippen LogP contribution >= 0.6 is 0 Å². The molecule has 2 aromatic carbocycles. The summed E-state index contributed by atoms with van der Waals surface area (Å²) >= 11 is 0. The Bertz CT molecular complexity index is 1230. The van der Waals surface area contributed by atoms with E-state index in [2.05, 4.69) is 21.1 Å². The van der Waals surface area contributed by atoms with Crippen molar-refractivity contribution in [1.29, 1.82) is 0 Å². The zero-order valence-corrected chi connectivity index (χ0v) is 15.7. The Balaban J connectivity index is 1.63.